The fraction of sp³-hybridized carbons (Fsp3) is 0.500. The maximum Gasteiger partial charge on any atom is 0.245 e. The Morgan fingerprint density at radius 3 is 2.25 bits per heavy atom. The van der Waals surface area contributed by atoms with Crippen LogP contribution in [0.1, 0.15) is 25.3 Å². The van der Waals surface area contributed by atoms with Crippen LogP contribution in [0.5, 0.6) is 0 Å². The first kappa shape index (κ1) is 16.5. The van der Waals surface area contributed by atoms with E-state index in [0.29, 0.717) is 13.1 Å². The van der Waals surface area contributed by atoms with E-state index in [0.717, 1.165) is 18.0 Å². The monoisotopic (exact) mass is 329 g/mol. The standard InChI is InChI=1S/C18H23N3O3/c1-13-4-3-5-15(12-13)19-8-10-20(11-9-19)18(24)14(2)21-16(22)6-7-17(21)23/h3-5,12,14H,6-11H2,1-2H3. The Balaban J connectivity index is 1.61. The first-order valence-corrected chi connectivity index (χ1v) is 8.42. The molecule has 2 saturated heterocycles. The van der Waals surface area contributed by atoms with E-state index in [1.807, 2.05) is 6.07 Å². The topological polar surface area (TPSA) is 60.9 Å². The summed E-state index contributed by atoms with van der Waals surface area (Å²) in [6.07, 6.45) is 0.440. The van der Waals surface area contributed by atoms with Crippen molar-refractivity contribution >= 4 is 23.4 Å². The number of carbonyl (C=O) groups is 3. The molecule has 0 N–H and O–H groups in total. The number of likely N-dealkylation sites (tertiary alicyclic amines) is 1. The molecular weight excluding hydrogens is 306 g/mol. The second-order valence-corrected chi connectivity index (χ2v) is 6.48. The van der Waals surface area contributed by atoms with Crippen molar-refractivity contribution in [3.05, 3.63) is 29.8 Å². The van der Waals surface area contributed by atoms with Crippen LogP contribution in [0.4, 0.5) is 5.69 Å². The average Bonchev–Trinajstić information content (AvgIpc) is 2.92. The molecule has 3 amide bonds. The molecule has 0 aromatic heterocycles. The van der Waals surface area contributed by atoms with Crippen molar-refractivity contribution in [1.82, 2.24) is 9.80 Å². The van der Waals surface area contributed by atoms with Crippen LogP contribution in [0.25, 0.3) is 0 Å². The summed E-state index contributed by atoms with van der Waals surface area (Å²) in [5.41, 5.74) is 2.38. The van der Waals surface area contributed by atoms with Gasteiger partial charge in [0, 0.05) is 44.7 Å². The molecule has 0 spiro atoms. The Labute approximate surface area is 142 Å². The molecule has 0 bridgehead atoms. The number of anilines is 1. The summed E-state index contributed by atoms with van der Waals surface area (Å²) in [5.74, 6) is -0.610. The van der Waals surface area contributed by atoms with Crippen LogP contribution in [0.2, 0.25) is 0 Å². The molecule has 2 heterocycles. The number of amides is 3. The number of nitrogens with zero attached hydrogens (tertiary/aromatic N) is 3. The number of aryl methyl sites for hydroxylation is 1. The van der Waals surface area contributed by atoms with Gasteiger partial charge < -0.3 is 9.80 Å². The predicted molar refractivity (Wildman–Crippen MR) is 90.5 cm³/mol. The highest BCUT2D eigenvalue weighted by atomic mass is 16.2. The van der Waals surface area contributed by atoms with E-state index in [2.05, 4.69) is 30.0 Å². The smallest absolute Gasteiger partial charge is 0.245 e. The first-order chi connectivity index (χ1) is 11.5. The molecule has 1 atom stereocenters. The van der Waals surface area contributed by atoms with E-state index in [-0.39, 0.29) is 30.6 Å². The summed E-state index contributed by atoms with van der Waals surface area (Å²) in [6, 6.07) is 7.62. The zero-order chi connectivity index (χ0) is 17.3. The van der Waals surface area contributed by atoms with E-state index >= 15 is 0 Å². The highest BCUT2D eigenvalue weighted by molar-refractivity contribution is 6.05. The normalized spacial score (nSPS) is 19.8. The lowest BCUT2D eigenvalue weighted by molar-refractivity contribution is -0.150. The zero-order valence-corrected chi connectivity index (χ0v) is 14.2. The van der Waals surface area contributed by atoms with Gasteiger partial charge in [-0.05, 0) is 31.5 Å². The van der Waals surface area contributed by atoms with Crippen molar-refractivity contribution in [3.8, 4) is 0 Å². The second-order valence-electron chi connectivity index (χ2n) is 6.48. The Kier molecular flexibility index (Phi) is 4.55. The van der Waals surface area contributed by atoms with Gasteiger partial charge in [0.15, 0.2) is 0 Å². The molecule has 2 aliphatic rings. The Morgan fingerprint density at radius 1 is 1.04 bits per heavy atom. The molecular formula is C18H23N3O3. The number of piperazine rings is 1. The largest absolute Gasteiger partial charge is 0.368 e. The van der Waals surface area contributed by atoms with Gasteiger partial charge in [-0.15, -0.1) is 0 Å². The summed E-state index contributed by atoms with van der Waals surface area (Å²) in [4.78, 5) is 41.4. The van der Waals surface area contributed by atoms with Crippen molar-refractivity contribution in [3.63, 3.8) is 0 Å². The molecule has 1 aromatic rings. The van der Waals surface area contributed by atoms with Crippen LogP contribution in [0, 0.1) is 6.92 Å². The molecule has 6 heteroatoms. The van der Waals surface area contributed by atoms with Gasteiger partial charge in [-0.1, -0.05) is 12.1 Å². The van der Waals surface area contributed by atoms with Crippen molar-refractivity contribution in [2.45, 2.75) is 32.7 Å². The van der Waals surface area contributed by atoms with E-state index in [4.69, 9.17) is 0 Å². The molecule has 24 heavy (non-hydrogen) atoms. The third-order valence-electron chi connectivity index (χ3n) is 4.79. The van der Waals surface area contributed by atoms with Gasteiger partial charge in [-0.2, -0.15) is 0 Å². The maximum absolute atomic E-state index is 12.6. The van der Waals surface area contributed by atoms with Crippen LogP contribution >= 0.6 is 0 Å². The summed E-state index contributed by atoms with van der Waals surface area (Å²) >= 11 is 0. The van der Waals surface area contributed by atoms with Gasteiger partial charge in [0.2, 0.25) is 17.7 Å². The van der Waals surface area contributed by atoms with Crippen molar-refractivity contribution in [2.75, 3.05) is 31.1 Å². The first-order valence-electron chi connectivity index (χ1n) is 8.42. The lowest BCUT2D eigenvalue weighted by atomic mass is 10.1. The molecule has 3 rings (SSSR count). The van der Waals surface area contributed by atoms with Crippen LogP contribution in [0.15, 0.2) is 24.3 Å². The van der Waals surface area contributed by atoms with E-state index < -0.39 is 6.04 Å². The van der Waals surface area contributed by atoms with Crippen LogP contribution in [-0.2, 0) is 14.4 Å². The van der Waals surface area contributed by atoms with Crippen molar-refractivity contribution in [1.29, 1.82) is 0 Å². The van der Waals surface area contributed by atoms with Gasteiger partial charge in [0.1, 0.15) is 6.04 Å². The number of rotatable bonds is 3. The zero-order valence-electron chi connectivity index (χ0n) is 14.2. The minimum atomic E-state index is -0.696. The van der Waals surface area contributed by atoms with E-state index in [1.54, 1.807) is 11.8 Å². The Bertz CT molecular complexity index is 649. The number of benzene rings is 1. The molecule has 2 fully saturated rings. The molecule has 6 nitrogen and oxygen atoms in total. The minimum absolute atomic E-state index is 0.137. The van der Waals surface area contributed by atoms with E-state index in [1.165, 1.54) is 11.3 Å². The van der Waals surface area contributed by atoms with Gasteiger partial charge >= 0.3 is 0 Å². The maximum atomic E-state index is 12.6. The number of hydrogen-bond acceptors (Lipinski definition) is 4. The lowest BCUT2D eigenvalue weighted by Crippen LogP contribution is -2.55. The second kappa shape index (κ2) is 6.63. The fourth-order valence-electron chi connectivity index (χ4n) is 3.41. The highest BCUT2D eigenvalue weighted by Gasteiger charge is 2.38. The predicted octanol–water partition coefficient (Wildman–Crippen LogP) is 1.18. The average molecular weight is 329 g/mol. The number of carbonyl (C=O) groups excluding carboxylic acids is 3. The number of hydrogen-bond donors (Lipinski definition) is 0. The molecule has 1 unspecified atom stereocenters. The summed E-state index contributed by atoms with van der Waals surface area (Å²) in [7, 11) is 0. The quantitative estimate of drug-likeness (QED) is 0.782. The summed E-state index contributed by atoms with van der Waals surface area (Å²) in [5, 5.41) is 0. The molecule has 0 aliphatic carbocycles. The fourth-order valence-corrected chi connectivity index (χ4v) is 3.41. The third kappa shape index (κ3) is 3.13. The van der Waals surface area contributed by atoms with Crippen LogP contribution in [0.3, 0.4) is 0 Å². The molecule has 1 aromatic carbocycles. The van der Waals surface area contributed by atoms with Crippen LogP contribution < -0.4 is 4.90 Å². The van der Waals surface area contributed by atoms with Gasteiger partial charge in [-0.3, -0.25) is 19.3 Å². The van der Waals surface area contributed by atoms with Crippen molar-refractivity contribution < 1.29 is 14.4 Å². The van der Waals surface area contributed by atoms with Crippen LogP contribution in [-0.4, -0.2) is 59.7 Å². The molecule has 128 valence electrons. The SMILES string of the molecule is Cc1cccc(N2CCN(C(=O)C(C)N3C(=O)CCC3=O)CC2)c1. The lowest BCUT2D eigenvalue weighted by Gasteiger charge is -2.38. The Morgan fingerprint density at radius 2 is 1.67 bits per heavy atom. The molecule has 2 aliphatic heterocycles. The van der Waals surface area contributed by atoms with Gasteiger partial charge in [0.25, 0.3) is 0 Å². The third-order valence-corrected chi connectivity index (χ3v) is 4.79. The van der Waals surface area contributed by atoms with Gasteiger partial charge in [-0.25, -0.2) is 0 Å². The number of imide groups is 1. The van der Waals surface area contributed by atoms with E-state index in [9.17, 15) is 14.4 Å². The minimum Gasteiger partial charge on any atom is -0.368 e. The highest BCUT2D eigenvalue weighted by Crippen LogP contribution is 2.20. The Hall–Kier alpha value is -2.37. The molecule has 0 saturated carbocycles. The summed E-state index contributed by atoms with van der Waals surface area (Å²) in [6.45, 7) is 6.43. The molecule has 0 radical (unpaired) electrons. The van der Waals surface area contributed by atoms with Gasteiger partial charge in [0.05, 0.1) is 0 Å². The summed E-state index contributed by atoms with van der Waals surface area (Å²) < 4.78 is 0. The van der Waals surface area contributed by atoms with Crippen molar-refractivity contribution in [2.24, 2.45) is 0 Å².